The van der Waals surface area contributed by atoms with Gasteiger partial charge in [-0.2, -0.15) is 0 Å². The molecule has 3 rings (SSSR count). The third-order valence-corrected chi connectivity index (χ3v) is 5.53. The van der Waals surface area contributed by atoms with Gasteiger partial charge in [0.15, 0.2) is 11.5 Å². The first-order chi connectivity index (χ1) is 16.5. The van der Waals surface area contributed by atoms with Gasteiger partial charge in [0, 0.05) is 25.8 Å². The highest BCUT2D eigenvalue weighted by atomic mass is 16.5. The minimum absolute atomic E-state index is 0.0270. The normalized spacial score (nSPS) is 17.2. The van der Waals surface area contributed by atoms with Gasteiger partial charge >= 0.3 is 0 Å². The van der Waals surface area contributed by atoms with Crippen molar-refractivity contribution in [3.63, 3.8) is 0 Å². The van der Waals surface area contributed by atoms with Crippen LogP contribution in [0.4, 0.5) is 0 Å². The lowest BCUT2D eigenvalue weighted by Crippen LogP contribution is -2.31. The Balaban J connectivity index is 2.14. The average molecular weight is 470 g/mol. The van der Waals surface area contributed by atoms with Crippen molar-refractivity contribution in [3.8, 4) is 17.2 Å². The average Bonchev–Trinajstić information content (AvgIpc) is 3.10. The number of nitrogens with zero attached hydrogens (tertiary/aromatic N) is 1. The lowest BCUT2D eigenvalue weighted by Gasteiger charge is -2.26. The van der Waals surface area contributed by atoms with Crippen LogP contribution in [-0.2, 0) is 14.3 Å². The molecule has 1 fully saturated rings. The summed E-state index contributed by atoms with van der Waals surface area (Å²) in [5, 5.41) is 11.2. The molecule has 2 aromatic rings. The fraction of sp³-hybridized carbons (Fsp3) is 0.385. The molecule has 8 heteroatoms. The molecular weight excluding hydrogens is 438 g/mol. The number of amides is 1. The lowest BCUT2D eigenvalue weighted by atomic mass is 9.95. The third-order valence-electron chi connectivity index (χ3n) is 5.53. The predicted molar refractivity (Wildman–Crippen MR) is 127 cm³/mol. The van der Waals surface area contributed by atoms with Crippen LogP contribution in [0.5, 0.6) is 17.2 Å². The van der Waals surface area contributed by atoms with Crippen LogP contribution in [0.1, 0.15) is 37.4 Å². The maximum Gasteiger partial charge on any atom is 0.295 e. The number of aliphatic hydroxyl groups excluding tert-OH is 1. The van der Waals surface area contributed by atoms with E-state index in [2.05, 4.69) is 0 Å². The van der Waals surface area contributed by atoms with Gasteiger partial charge in [0.1, 0.15) is 11.5 Å². The molecule has 1 aliphatic rings. The topological polar surface area (TPSA) is 94.5 Å². The van der Waals surface area contributed by atoms with Crippen molar-refractivity contribution in [1.82, 2.24) is 4.90 Å². The van der Waals surface area contributed by atoms with E-state index in [1.807, 2.05) is 13.8 Å². The number of hydrogen-bond donors (Lipinski definition) is 1. The van der Waals surface area contributed by atoms with Crippen LogP contribution in [0.3, 0.4) is 0 Å². The molecule has 1 atom stereocenters. The highest BCUT2D eigenvalue weighted by Gasteiger charge is 2.46. The SMILES string of the molecule is CCOc1ccc(C2C(=C(O)c3ccc(OC)cc3)C(=O)C(=O)N2CCCOC)cc1OCC. The molecule has 0 aliphatic carbocycles. The number of methoxy groups -OCH3 is 2. The number of Topliss-reactive ketones (excluding diaryl/α,β-unsaturated/α-hetero) is 1. The lowest BCUT2D eigenvalue weighted by molar-refractivity contribution is -0.140. The van der Waals surface area contributed by atoms with Gasteiger partial charge in [0.2, 0.25) is 0 Å². The quantitative estimate of drug-likeness (QED) is 0.230. The van der Waals surface area contributed by atoms with Crippen LogP contribution in [0.15, 0.2) is 48.0 Å². The Labute approximate surface area is 199 Å². The van der Waals surface area contributed by atoms with E-state index in [0.717, 1.165) is 0 Å². The van der Waals surface area contributed by atoms with Crippen molar-refractivity contribution in [2.45, 2.75) is 26.3 Å². The standard InChI is InChI=1S/C26H31NO7/c1-5-33-20-13-10-18(16-21(20)34-6-2)23-22(24(28)17-8-11-19(32-4)12-9-17)25(29)26(30)27(23)14-7-15-31-3/h8-13,16,23,28H,5-7,14-15H2,1-4H3. The number of benzene rings is 2. The van der Waals surface area contributed by atoms with Crippen LogP contribution >= 0.6 is 0 Å². The number of carbonyl (C=O) groups excluding carboxylic acids is 2. The van der Waals surface area contributed by atoms with Crippen LogP contribution in [0, 0.1) is 0 Å². The second-order valence-electron chi connectivity index (χ2n) is 7.64. The first-order valence-corrected chi connectivity index (χ1v) is 11.3. The molecule has 8 nitrogen and oxygen atoms in total. The summed E-state index contributed by atoms with van der Waals surface area (Å²) in [6, 6.07) is 11.2. The molecule has 2 aromatic carbocycles. The number of carbonyl (C=O) groups is 2. The van der Waals surface area contributed by atoms with E-state index in [1.54, 1.807) is 56.7 Å². The van der Waals surface area contributed by atoms with Gasteiger partial charge in [-0.15, -0.1) is 0 Å². The molecule has 0 saturated carbocycles. The van der Waals surface area contributed by atoms with Gasteiger partial charge in [-0.1, -0.05) is 6.07 Å². The Hall–Kier alpha value is -3.52. The summed E-state index contributed by atoms with van der Waals surface area (Å²) in [5.41, 5.74) is 1.08. The van der Waals surface area contributed by atoms with Gasteiger partial charge in [-0.25, -0.2) is 0 Å². The molecule has 0 radical (unpaired) electrons. The summed E-state index contributed by atoms with van der Waals surface area (Å²) in [4.78, 5) is 27.6. The molecular formula is C26H31NO7. The summed E-state index contributed by atoms with van der Waals surface area (Å²) in [5.74, 6) is 0.0482. The third kappa shape index (κ3) is 5.17. The zero-order valence-corrected chi connectivity index (χ0v) is 20.0. The summed E-state index contributed by atoms with van der Waals surface area (Å²) in [7, 11) is 3.12. The van der Waals surface area contributed by atoms with Gasteiger partial charge in [-0.05, 0) is 62.2 Å². The molecule has 34 heavy (non-hydrogen) atoms. The molecule has 1 unspecified atom stereocenters. The zero-order valence-electron chi connectivity index (χ0n) is 20.0. The Kier molecular flexibility index (Phi) is 8.54. The Bertz CT molecular complexity index is 1050. The van der Waals surface area contributed by atoms with Gasteiger partial charge < -0.3 is 29.0 Å². The minimum Gasteiger partial charge on any atom is -0.507 e. The second kappa shape index (κ2) is 11.6. The maximum absolute atomic E-state index is 13.1. The van der Waals surface area contributed by atoms with Crippen molar-refractivity contribution in [2.24, 2.45) is 0 Å². The highest BCUT2D eigenvalue weighted by molar-refractivity contribution is 6.46. The van der Waals surface area contributed by atoms with E-state index in [-0.39, 0.29) is 11.3 Å². The first kappa shape index (κ1) is 25.1. The van der Waals surface area contributed by atoms with E-state index < -0.39 is 17.7 Å². The van der Waals surface area contributed by atoms with E-state index in [4.69, 9.17) is 18.9 Å². The van der Waals surface area contributed by atoms with Crippen molar-refractivity contribution in [1.29, 1.82) is 0 Å². The smallest absolute Gasteiger partial charge is 0.295 e. The number of likely N-dealkylation sites (tertiary alicyclic amines) is 1. The Morgan fingerprint density at radius 3 is 2.26 bits per heavy atom. The molecule has 1 amide bonds. The van der Waals surface area contributed by atoms with Crippen LogP contribution in [-0.4, -0.2) is 62.3 Å². The Morgan fingerprint density at radius 2 is 1.65 bits per heavy atom. The van der Waals surface area contributed by atoms with E-state index in [1.165, 1.54) is 4.90 Å². The second-order valence-corrected chi connectivity index (χ2v) is 7.64. The summed E-state index contributed by atoms with van der Waals surface area (Å²) in [6.07, 6.45) is 0.540. The molecule has 0 aromatic heterocycles. The van der Waals surface area contributed by atoms with Crippen LogP contribution in [0.25, 0.3) is 5.76 Å². The van der Waals surface area contributed by atoms with Gasteiger partial charge in [-0.3, -0.25) is 9.59 Å². The van der Waals surface area contributed by atoms with Crippen molar-refractivity contribution in [3.05, 3.63) is 59.2 Å². The van der Waals surface area contributed by atoms with E-state index in [0.29, 0.717) is 61.2 Å². The number of ether oxygens (including phenoxy) is 4. The monoisotopic (exact) mass is 469 g/mol. The largest absolute Gasteiger partial charge is 0.507 e. The van der Waals surface area contributed by atoms with Crippen LogP contribution in [0.2, 0.25) is 0 Å². The van der Waals surface area contributed by atoms with E-state index in [9.17, 15) is 14.7 Å². The van der Waals surface area contributed by atoms with Crippen molar-refractivity contribution >= 4 is 17.4 Å². The van der Waals surface area contributed by atoms with Crippen molar-refractivity contribution < 1.29 is 33.6 Å². The number of aliphatic hydroxyl groups is 1. The van der Waals surface area contributed by atoms with E-state index >= 15 is 0 Å². The molecule has 1 aliphatic heterocycles. The van der Waals surface area contributed by atoms with Crippen molar-refractivity contribution in [2.75, 3.05) is 40.6 Å². The molecule has 1 heterocycles. The fourth-order valence-corrected chi connectivity index (χ4v) is 3.98. The Morgan fingerprint density at radius 1 is 0.971 bits per heavy atom. The summed E-state index contributed by atoms with van der Waals surface area (Å²) < 4.78 is 21.7. The molecule has 0 bridgehead atoms. The highest BCUT2D eigenvalue weighted by Crippen LogP contribution is 2.42. The van der Waals surface area contributed by atoms with Gasteiger partial charge in [0.05, 0.1) is 31.9 Å². The number of ketones is 1. The van der Waals surface area contributed by atoms with Gasteiger partial charge in [0.25, 0.3) is 11.7 Å². The maximum atomic E-state index is 13.1. The zero-order chi connectivity index (χ0) is 24.7. The summed E-state index contributed by atoms with van der Waals surface area (Å²) >= 11 is 0. The molecule has 182 valence electrons. The molecule has 1 saturated heterocycles. The molecule has 1 N–H and O–H groups in total. The predicted octanol–water partition coefficient (Wildman–Crippen LogP) is 3.95. The fourth-order valence-electron chi connectivity index (χ4n) is 3.98. The minimum atomic E-state index is -0.783. The number of hydrogen-bond acceptors (Lipinski definition) is 7. The summed E-state index contributed by atoms with van der Waals surface area (Å²) in [6.45, 7) is 5.35. The number of rotatable bonds is 11. The first-order valence-electron chi connectivity index (χ1n) is 11.3. The molecule has 0 spiro atoms. The van der Waals surface area contributed by atoms with Crippen LogP contribution < -0.4 is 14.2 Å².